The monoisotopic (exact) mass is 624 g/mol. The molecule has 3 aliphatic carbocycles. The summed E-state index contributed by atoms with van der Waals surface area (Å²) in [5.74, 6) is -4.59. The minimum Gasteiger partial charge on any atom is -0.462 e. The van der Waals surface area contributed by atoms with E-state index < -0.39 is 88.4 Å². The van der Waals surface area contributed by atoms with Gasteiger partial charge in [0.1, 0.15) is 30.0 Å². The van der Waals surface area contributed by atoms with Gasteiger partial charge in [0.25, 0.3) is 0 Å². The highest BCUT2D eigenvalue weighted by Gasteiger charge is 2.76. The maximum Gasteiger partial charge on any atom is 0.338 e. The summed E-state index contributed by atoms with van der Waals surface area (Å²) in [6.07, 6.45) is -9.79. The molecule has 4 rings (SSSR count). The average Bonchev–Trinajstić information content (AvgIpc) is 3.17. The summed E-state index contributed by atoms with van der Waals surface area (Å²) in [4.78, 5) is 38.8. The lowest BCUT2D eigenvalue weighted by Crippen LogP contribution is -2.73. The Labute approximate surface area is 255 Å². The van der Waals surface area contributed by atoms with Gasteiger partial charge in [-0.1, -0.05) is 25.1 Å². The van der Waals surface area contributed by atoms with Crippen molar-refractivity contribution in [2.45, 2.75) is 102 Å². The Bertz CT molecular complexity index is 1290. The molecule has 11 nitrogen and oxygen atoms in total. The molecule has 2 fully saturated rings. The van der Waals surface area contributed by atoms with Crippen molar-refractivity contribution in [1.82, 2.24) is 0 Å². The Morgan fingerprint density at radius 3 is 2.09 bits per heavy atom. The number of carbonyl (C=O) groups is 3. The van der Waals surface area contributed by atoms with Gasteiger partial charge in [0, 0.05) is 26.2 Å². The third-order valence-corrected chi connectivity index (χ3v) is 10.4. The van der Waals surface area contributed by atoms with Gasteiger partial charge in [-0.2, -0.15) is 0 Å². The predicted molar refractivity (Wildman–Crippen MR) is 153 cm³/mol. The summed E-state index contributed by atoms with van der Waals surface area (Å²) in [6.45, 7) is 8.14. The van der Waals surface area contributed by atoms with E-state index in [1.165, 1.54) is 32.9 Å². The second-order valence-corrected chi connectivity index (χ2v) is 13.1. The fourth-order valence-electron chi connectivity index (χ4n) is 7.97. The van der Waals surface area contributed by atoms with Crippen molar-refractivity contribution in [1.29, 1.82) is 0 Å². The van der Waals surface area contributed by atoms with Crippen LogP contribution in [0.5, 0.6) is 0 Å². The molecule has 0 amide bonds. The average molecular weight is 625 g/mol. The number of hydrogen-bond donors (Lipinski definition) is 5. The van der Waals surface area contributed by atoms with Crippen molar-refractivity contribution in [3.8, 4) is 0 Å². The Kier molecular flexibility index (Phi) is 8.87. The Hall–Kier alpha value is -2.54. The first-order valence-electron chi connectivity index (χ1n) is 14.2. The molecule has 0 spiro atoms. The minimum absolute atomic E-state index is 0.0493. The molecule has 0 radical (unpaired) electrons. The maximum atomic E-state index is 13.6. The molecule has 0 aromatic heterocycles. The standard InChI is InChI=1S/C31H41ClO11/c1-15-19(35)13-30(28(4,5)39)22(15)23(37)25(43-27(38)18-10-8-7-9-11-18)29(6)21(41-16(2)33)12-20(36)31(40,14-32)24(29)26(30)42-17(3)34/h7-11,19-21,23-26,35-37,39-40H,12-14H2,1-6H3/t19-,20+,21+,23-,24?,25+,26-,29-,30+,31-/m1/s1. The van der Waals surface area contributed by atoms with Gasteiger partial charge in [0.2, 0.25) is 0 Å². The van der Waals surface area contributed by atoms with Gasteiger partial charge in [-0.05, 0) is 50.5 Å². The van der Waals surface area contributed by atoms with Crippen LogP contribution in [0.15, 0.2) is 41.5 Å². The third-order valence-electron chi connectivity index (χ3n) is 9.97. The minimum atomic E-state index is -2.29. The van der Waals surface area contributed by atoms with Crippen LogP contribution in [-0.2, 0) is 23.8 Å². The Morgan fingerprint density at radius 1 is 1.00 bits per heavy atom. The van der Waals surface area contributed by atoms with Gasteiger partial charge in [-0.3, -0.25) is 9.59 Å². The van der Waals surface area contributed by atoms with E-state index >= 15 is 0 Å². The van der Waals surface area contributed by atoms with Crippen LogP contribution in [0.1, 0.15) is 64.7 Å². The molecule has 3 aliphatic rings. The number of carbonyl (C=O) groups excluding carboxylic acids is 3. The molecule has 12 heteroatoms. The number of fused-ring (bicyclic) bond motifs is 2. The quantitative estimate of drug-likeness (QED) is 0.134. The number of hydrogen-bond acceptors (Lipinski definition) is 11. The molecule has 1 unspecified atom stereocenters. The van der Waals surface area contributed by atoms with Crippen molar-refractivity contribution in [2.75, 3.05) is 5.88 Å². The first kappa shape index (κ1) is 33.4. The topological polar surface area (TPSA) is 180 Å². The van der Waals surface area contributed by atoms with Gasteiger partial charge in [0.05, 0.1) is 40.1 Å². The summed E-state index contributed by atoms with van der Waals surface area (Å²) in [5.41, 5.74) is -7.30. The summed E-state index contributed by atoms with van der Waals surface area (Å²) < 4.78 is 17.8. The number of benzene rings is 1. The number of alkyl halides is 1. The molecule has 238 valence electrons. The molecule has 10 atom stereocenters. The van der Waals surface area contributed by atoms with E-state index in [-0.39, 0.29) is 29.6 Å². The number of esters is 3. The zero-order valence-electron chi connectivity index (χ0n) is 25.1. The number of rotatable bonds is 6. The van der Waals surface area contributed by atoms with Gasteiger partial charge in [-0.15, -0.1) is 11.6 Å². The van der Waals surface area contributed by atoms with Gasteiger partial charge < -0.3 is 39.7 Å². The van der Waals surface area contributed by atoms with Crippen LogP contribution in [-0.4, -0.2) is 97.1 Å². The molecular formula is C31H41ClO11. The van der Waals surface area contributed by atoms with Gasteiger partial charge >= 0.3 is 17.9 Å². The summed E-state index contributed by atoms with van der Waals surface area (Å²) >= 11 is 6.40. The van der Waals surface area contributed by atoms with E-state index in [1.54, 1.807) is 25.1 Å². The highest BCUT2D eigenvalue weighted by atomic mass is 35.5. The number of ether oxygens (including phenoxy) is 3. The van der Waals surface area contributed by atoms with Crippen molar-refractivity contribution >= 4 is 29.5 Å². The molecule has 5 N–H and O–H groups in total. The van der Waals surface area contributed by atoms with Crippen LogP contribution in [0.25, 0.3) is 0 Å². The highest BCUT2D eigenvalue weighted by Crippen LogP contribution is 2.66. The van der Waals surface area contributed by atoms with E-state index in [0.717, 1.165) is 13.8 Å². The maximum absolute atomic E-state index is 13.6. The lowest BCUT2D eigenvalue weighted by Gasteiger charge is -2.60. The molecule has 0 aliphatic heterocycles. The highest BCUT2D eigenvalue weighted by molar-refractivity contribution is 6.18. The van der Waals surface area contributed by atoms with Crippen LogP contribution >= 0.6 is 11.6 Å². The van der Waals surface area contributed by atoms with E-state index in [4.69, 9.17) is 25.8 Å². The molecule has 43 heavy (non-hydrogen) atoms. The third kappa shape index (κ3) is 5.07. The van der Waals surface area contributed by atoms with Crippen LogP contribution in [0.2, 0.25) is 0 Å². The Morgan fingerprint density at radius 2 is 1.58 bits per heavy atom. The molecular weight excluding hydrogens is 584 g/mol. The van der Waals surface area contributed by atoms with E-state index in [1.807, 2.05) is 0 Å². The predicted octanol–water partition coefficient (Wildman–Crippen LogP) is 1.65. The lowest BCUT2D eigenvalue weighted by molar-refractivity contribution is -0.276. The van der Waals surface area contributed by atoms with Crippen LogP contribution < -0.4 is 0 Å². The Balaban J connectivity index is 2.14. The molecule has 2 saturated carbocycles. The van der Waals surface area contributed by atoms with Crippen LogP contribution in [0.3, 0.4) is 0 Å². The van der Waals surface area contributed by atoms with Crippen LogP contribution in [0.4, 0.5) is 0 Å². The van der Waals surface area contributed by atoms with Crippen LogP contribution in [0, 0.1) is 16.7 Å². The second kappa shape index (κ2) is 11.4. The van der Waals surface area contributed by atoms with Gasteiger partial charge in [-0.25, -0.2) is 4.79 Å². The molecule has 1 aromatic rings. The van der Waals surface area contributed by atoms with Crippen molar-refractivity contribution in [3.05, 3.63) is 47.0 Å². The van der Waals surface area contributed by atoms with E-state index in [2.05, 4.69) is 0 Å². The van der Waals surface area contributed by atoms with Crippen molar-refractivity contribution in [2.24, 2.45) is 16.7 Å². The summed E-state index contributed by atoms with van der Waals surface area (Å²) in [5, 5.41) is 59.1. The smallest absolute Gasteiger partial charge is 0.338 e. The molecule has 0 bridgehead atoms. The second-order valence-electron chi connectivity index (χ2n) is 12.8. The first-order chi connectivity index (χ1) is 19.9. The number of aliphatic hydroxyl groups excluding tert-OH is 3. The zero-order valence-corrected chi connectivity index (χ0v) is 25.9. The zero-order chi connectivity index (χ0) is 32.3. The van der Waals surface area contributed by atoms with Crippen molar-refractivity contribution < 1.29 is 54.1 Å². The summed E-state index contributed by atoms with van der Waals surface area (Å²) in [7, 11) is 0. The molecule has 1 aromatic carbocycles. The number of halogens is 1. The lowest BCUT2D eigenvalue weighted by atomic mass is 9.51. The SMILES string of the molecule is CC(=O)O[C@H]1C[C@H](O)[C@](O)(CCl)C2[C@@H](OC(C)=O)[C@]3(C(C)(C)O)C[C@@H](O)C(C)=C3[C@@H](O)[C@H](OC(=O)c3ccccc3)[C@@]21C. The fraction of sp³-hybridized carbons (Fsp3) is 0.645. The van der Waals surface area contributed by atoms with E-state index in [0.29, 0.717) is 0 Å². The largest absolute Gasteiger partial charge is 0.462 e. The first-order valence-corrected chi connectivity index (χ1v) is 14.8. The summed E-state index contributed by atoms with van der Waals surface area (Å²) in [6, 6.07) is 7.93. The van der Waals surface area contributed by atoms with Crippen molar-refractivity contribution in [3.63, 3.8) is 0 Å². The molecule has 0 saturated heterocycles. The molecule has 0 heterocycles. The fourth-order valence-corrected chi connectivity index (χ4v) is 8.31. The van der Waals surface area contributed by atoms with Gasteiger partial charge in [0.15, 0.2) is 0 Å². The number of aliphatic hydroxyl groups is 5. The normalized spacial score (nSPS) is 39.3. The van der Waals surface area contributed by atoms with E-state index in [9.17, 15) is 39.9 Å².